The number of aliphatic hydroxyl groups excluding tert-OH is 1. The third kappa shape index (κ3) is 1.67. The molecular weight excluding hydrogens is 206 g/mol. The summed E-state index contributed by atoms with van der Waals surface area (Å²) in [6, 6.07) is 7.32. The maximum atomic E-state index is 11.2. The van der Waals surface area contributed by atoms with Gasteiger partial charge in [-0.05, 0) is 29.1 Å². The van der Waals surface area contributed by atoms with Gasteiger partial charge in [-0.15, -0.1) is 0 Å². The second-order valence-corrected chi connectivity index (χ2v) is 3.67. The van der Waals surface area contributed by atoms with E-state index in [1.807, 2.05) is 29.9 Å². The van der Waals surface area contributed by atoms with E-state index in [1.165, 1.54) is 7.11 Å². The molecule has 0 bridgehead atoms. The lowest BCUT2D eigenvalue weighted by Crippen LogP contribution is -2.13. The second kappa shape index (κ2) is 3.98. The molecule has 84 valence electrons. The smallest absolute Gasteiger partial charge is 0.339 e. The van der Waals surface area contributed by atoms with E-state index in [0.717, 1.165) is 10.9 Å². The Morgan fingerprint density at radius 2 is 2.19 bits per heavy atom. The van der Waals surface area contributed by atoms with Crippen molar-refractivity contribution in [2.24, 2.45) is 7.05 Å². The van der Waals surface area contributed by atoms with E-state index in [9.17, 15) is 9.90 Å². The molecule has 0 radical (unpaired) electrons. The summed E-state index contributed by atoms with van der Waals surface area (Å²) in [5.74, 6) is -0.643. The lowest BCUT2D eigenvalue weighted by molar-refractivity contribution is -0.150. The quantitative estimate of drug-likeness (QED) is 0.776. The van der Waals surface area contributed by atoms with Gasteiger partial charge >= 0.3 is 5.97 Å². The fourth-order valence-electron chi connectivity index (χ4n) is 1.72. The number of hydrogen-bond acceptors (Lipinski definition) is 3. The summed E-state index contributed by atoms with van der Waals surface area (Å²) in [5.41, 5.74) is 1.60. The highest BCUT2D eigenvalue weighted by atomic mass is 16.5. The van der Waals surface area contributed by atoms with E-state index in [4.69, 9.17) is 0 Å². The Morgan fingerprint density at radius 3 is 2.88 bits per heavy atom. The highest BCUT2D eigenvalue weighted by Crippen LogP contribution is 2.21. The minimum absolute atomic E-state index is 0.547. The van der Waals surface area contributed by atoms with Crippen LogP contribution in [0.25, 0.3) is 10.9 Å². The van der Waals surface area contributed by atoms with Crippen molar-refractivity contribution < 1.29 is 14.6 Å². The zero-order chi connectivity index (χ0) is 11.7. The van der Waals surface area contributed by atoms with Crippen LogP contribution in [0.5, 0.6) is 0 Å². The molecule has 1 N–H and O–H groups in total. The summed E-state index contributed by atoms with van der Waals surface area (Å²) in [5, 5.41) is 10.7. The summed E-state index contributed by atoms with van der Waals surface area (Å²) in [6.07, 6.45) is 0.716. The van der Waals surface area contributed by atoms with Crippen LogP contribution in [0.15, 0.2) is 30.5 Å². The van der Waals surface area contributed by atoms with Gasteiger partial charge in [0.25, 0.3) is 0 Å². The normalized spacial score (nSPS) is 12.7. The maximum Gasteiger partial charge on any atom is 0.339 e. The third-order valence-electron chi connectivity index (χ3n) is 2.65. The minimum atomic E-state index is -1.21. The molecule has 0 aliphatic carbocycles. The molecule has 0 saturated carbocycles. The molecule has 0 amide bonds. The highest BCUT2D eigenvalue weighted by Gasteiger charge is 2.18. The number of benzene rings is 1. The Kier molecular flexibility index (Phi) is 2.66. The van der Waals surface area contributed by atoms with Crippen molar-refractivity contribution in [3.8, 4) is 0 Å². The van der Waals surface area contributed by atoms with E-state index >= 15 is 0 Å². The Balaban J connectivity index is 2.43. The number of aliphatic hydroxyl groups is 1. The summed E-state index contributed by atoms with van der Waals surface area (Å²) >= 11 is 0. The molecule has 1 heterocycles. The van der Waals surface area contributed by atoms with Gasteiger partial charge in [0.1, 0.15) is 0 Å². The number of aryl methyl sites for hydroxylation is 1. The lowest BCUT2D eigenvalue weighted by Gasteiger charge is -2.08. The van der Waals surface area contributed by atoms with E-state index < -0.39 is 12.1 Å². The van der Waals surface area contributed by atoms with Gasteiger partial charge in [0.05, 0.1) is 7.11 Å². The Labute approximate surface area is 93.1 Å². The van der Waals surface area contributed by atoms with Crippen molar-refractivity contribution >= 4 is 16.9 Å². The van der Waals surface area contributed by atoms with E-state index in [0.29, 0.717) is 5.56 Å². The molecule has 4 heteroatoms. The van der Waals surface area contributed by atoms with Gasteiger partial charge < -0.3 is 14.4 Å². The lowest BCUT2D eigenvalue weighted by atomic mass is 10.1. The number of hydrogen-bond donors (Lipinski definition) is 1. The predicted octanol–water partition coefficient (Wildman–Crippen LogP) is 1.38. The van der Waals surface area contributed by atoms with Crippen molar-refractivity contribution in [3.63, 3.8) is 0 Å². The van der Waals surface area contributed by atoms with E-state index in [-0.39, 0.29) is 0 Å². The molecule has 0 spiro atoms. The Bertz CT molecular complexity index is 530. The largest absolute Gasteiger partial charge is 0.467 e. The average molecular weight is 219 g/mol. The van der Waals surface area contributed by atoms with Gasteiger partial charge in [-0.1, -0.05) is 6.07 Å². The van der Waals surface area contributed by atoms with Gasteiger partial charge in [-0.3, -0.25) is 0 Å². The van der Waals surface area contributed by atoms with E-state index in [2.05, 4.69) is 4.74 Å². The fraction of sp³-hybridized carbons (Fsp3) is 0.250. The van der Waals surface area contributed by atoms with E-state index in [1.54, 1.807) is 12.1 Å². The van der Waals surface area contributed by atoms with Crippen LogP contribution in [0.2, 0.25) is 0 Å². The highest BCUT2D eigenvalue weighted by molar-refractivity contribution is 5.83. The molecule has 16 heavy (non-hydrogen) atoms. The molecule has 2 rings (SSSR count). The van der Waals surface area contributed by atoms with Crippen LogP contribution >= 0.6 is 0 Å². The maximum absolute atomic E-state index is 11.2. The monoisotopic (exact) mass is 219 g/mol. The average Bonchev–Trinajstić information content (AvgIpc) is 2.68. The molecular formula is C12H13NO3. The van der Waals surface area contributed by atoms with Crippen molar-refractivity contribution in [2.45, 2.75) is 6.10 Å². The molecule has 0 aliphatic rings. The summed E-state index contributed by atoms with van der Waals surface area (Å²) < 4.78 is 6.47. The van der Waals surface area contributed by atoms with Crippen LogP contribution in [0.1, 0.15) is 11.7 Å². The standard InChI is InChI=1S/C12H13NO3/c1-13-6-5-8-7-9(3-4-10(8)13)11(14)12(15)16-2/h3-7,11,14H,1-2H3. The summed E-state index contributed by atoms with van der Waals surface area (Å²) in [6.45, 7) is 0. The number of methoxy groups -OCH3 is 1. The van der Waals surface area contributed by atoms with Crippen molar-refractivity contribution in [2.75, 3.05) is 7.11 Å². The summed E-state index contributed by atoms with van der Waals surface area (Å²) in [4.78, 5) is 11.2. The number of ether oxygens (including phenoxy) is 1. The zero-order valence-electron chi connectivity index (χ0n) is 9.18. The molecule has 0 saturated heterocycles. The number of aromatic nitrogens is 1. The van der Waals surface area contributed by atoms with Crippen molar-refractivity contribution in [1.82, 2.24) is 4.57 Å². The minimum Gasteiger partial charge on any atom is -0.467 e. The third-order valence-corrected chi connectivity index (χ3v) is 2.65. The Hall–Kier alpha value is -1.81. The van der Waals surface area contributed by atoms with Gasteiger partial charge in [0, 0.05) is 18.8 Å². The van der Waals surface area contributed by atoms with Gasteiger partial charge in [-0.2, -0.15) is 0 Å². The van der Waals surface area contributed by atoms with Gasteiger partial charge in [0.15, 0.2) is 6.10 Å². The van der Waals surface area contributed by atoms with Crippen LogP contribution in [-0.2, 0) is 16.6 Å². The number of fused-ring (bicyclic) bond motifs is 1. The Morgan fingerprint density at radius 1 is 1.44 bits per heavy atom. The van der Waals surface area contributed by atoms with Crippen LogP contribution in [0, 0.1) is 0 Å². The molecule has 1 aromatic heterocycles. The summed E-state index contributed by atoms with van der Waals surface area (Å²) in [7, 11) is 3.20. The molecule has 0 fully saturated rings. The second-order valence-electron chi connectivity index (χ2n) is 3.67. The first-order valence-corrected chi connectivity index (χ1v) is 4.94. The molecule has 0 aliphatic heterocycles. The van der Waals surface area contributed by atoms with Crippen LogP contribution in [0.4, 0.5) is 0 Å². The molecule has 1 aromatic carbocycles. The number of carbonyl (C=O) groups excluding carboxylic acids is 1. The molecule has 4 nitrogen and oxygen atoms in total. The number of nitrogens with zero attached hydrogens (tertiary/aromatic N) is 1. The molecule has 2 aromatic rings. The number of esters is 1. The number of rotatable bonds is 2. The van der Waals surface area contributed by atoms with Crippen LogP contribution < -0.4 is 0 Å². The zero-order valence-corrected chi connectivity index (χ0v) is 9.18. The topological polar surface area (TPSA) is 51.5 Å². The molecule has 1 unspecified atom stereocenters. The van der Waals surface area contributed by atoms with Crippen LogP contribution in [-0.4, -0.2) is 22.8 Å². The first-order chi connectivity index (χ1) is 7.63. The SMILES string of the molecule is COC(=O)C(O)c1ccc2c(ccn2C)c1. The first kappa shape index (κ1) is 10.7. The molecule has 1 atom stereocenters. The number of carbonyl (C=O) groups is 1. The fourth-order valence-corrected chi connectivity index (χ4v) is 1.72. The van der Waals surface area contributed by atoms with Crippen LogP contribution in [0.3, 0.4) is 0 Å². The van der Waals surface area contributed by atoms with Crippen molar-refractivity contribution in [3.05, 3.63) is 36.0 Å². The van der Waals surface area contributed by atoms with Crippen molar-refractivity contribution in [1.29, 1.82) is 0 Å². The van der Waals surface area contributed by atoms with Gasteiger partial charge in [0.2, 0.25) is 0 Å². The first-order valence-electron chi connectivity index (χ1n) is 4.94. The predicted molar refractivity (Wildman–Crippen MR) is 59.9 cm³/mol. The van der Waals surface area contributed by atoms with Gasteiger partial charge in [-0.25, -0.2) is 4.79 Å².